The Morgan fingerprint density at radius 3 is 2.27 bits per heavy atom. The molecule has 15 heteroatoms. The van der Waals surface area contributed by atoms with Crippen molar-refractivity contribution < 1.29 is 39.2 Å². The third kappa shape index (κ3) is 15.1. The van der Waals surface area contributed by atoms with Gasteiger partial charge in [-0.2, -0.15) is 0 Å². The standard InChI is InChI=1S/C38H53N7O6.C2H4O2/c39-28-16-19-45(20-17-28)38(50)51-34(22-27-11-5-2-6-12-27)37(49)44-32(23-30-24-40-25-42-30)36(48)43-31(21-26-9-3-1-4-10-26)35(47)33(46)15-14-29-13-7-8-18-41-29;1-2(3)4/h2,5-8,11-13,18,24-26,28,31-35,46-47H,1,3-4,9-10,14-17,19-23,39H2,(H,40,42)(H,43,48)(H,44,49);1H3,(H,3,4)/t31-,32-,33-,34-,35+;/m0./s1. The lowest BCUT2D eigenvalue weighted by molar-refractivity contribution is -0.135. The highest BCUT2D eigenvalue weighted by atomic mass is 16.6. The maximum Gasteiger partial charge on any atom is 0.410 e. The van der Waals surface area contributed by atoms with E-state index in [2.05, 4.69) is 25.6 Å². The molecular formula is C40H57N7O8. The summed E-state index contributed by atoms with van der Waals surface area (Å²) in [7, 11) is 0. The first-order valence-corrected chi connectivity index (χ1v) is 19.3. The van der Waals surface area contributed by atoms with Crippen LogP contribution in [0.1, 0.15) is 81.7 Å². The normalized spacial score (nSPS) is 17.7. The van der Waals surface area contributed by atoms with Crippen LogP contribution in [-0.4, -0.2) is 109 Å². The number of carboxylic acid groups (broad SMARTS) is 1. The fraction of sp³-hybridized carbons (Fsp3) is 0.550. The van der Waals surface area contributed by atoms with Gasteiger partial charge in [-0.1, -0.05) is 68.5 Å². The second-order valence-corrected chi connectivity index (χ2v) is 14.5. The van der Waals surface area contributed by atoms with Crippen molar-refractivity contribution in [1.82, 2.24) is 30.5 Å². The van der Waals surface area contributed by atoms with Crippen LogP contribution in [0.2, 0.25) is 0 Å². The highest BCUT2D eigenvalue weighted by Crippen LogP contribution is 2.29. The van der Waals surface area contributed by atoms with Gasteiger partial charge in [0.1, 0.15) is 12.1 Å². The molecule has 0 spiro atoms. The van der Waals surface area contributed by atoms with Gasteiger partial charge in [0.25, 0.3) is 11.9 Å². The van der Waals surface area contributed by atoms with Crippen LogP contribution in [0.4, 0.5) is 4.79 Å². The van der Waals surface area contributed by atoms with Crippen molar-refractivity contribution in [1.29, 1.82) is 0 Å². The number of carboxylic acids is 1. The number of aliphatic hydroxyl groups is 2. The molecule has 8 N–H and O–H groups in total. The molecule has 5 rings (SSSR count). The Bertz CT molecular complexity index is 1580. The van der Waals surface area contributed by atoms with E-state index in [0.717, 1.165) is 50.3 Å². The highest BCUT2D eigenvalue weighted by molar-refractivity contribution is 5.90. The number of nitrogens with zero attached hydrogens (tertiary/aromatic N) is 3. The maximum atomic E-state index is 14.2. The number of nitrogens with two attached hydrogens (primary N) is 1. The number of aliphatic carboxylic acids is 1. The first kappa shape index (κ1) is 42.9. The Balaban J connectivity index is 0.00000160. The minimum Gasteiger partial charge on any atom is -0.481 e. The molecule has 1 saturated carbocycles. The van der Waals surface area contributed by atoms with Crippen molar-refractivity contribution in [2.45, 2.75) is 120 Å². The van der Waals surface area contributed by atoms with E-state index in [-0.39, 0.29) is 31.2 Å². The van der Waals surface area contributed by atoms with Crippen molar-refractivity contribution in [2.24, 2.45) is 11.7 Å². The van der Waals surface area contributed by atoms with Crippen molar-refractivity contribution in [3.05, 3.63) is 84.2 Å². The zero-order chi connectivity index (χ0) is 39.6. The molecule has 3 aromatic rings. The van der Waals surface area contributed by atoms with Crippen LogP contribution in [0, 0.1) is 5.92 Å². The van der Waals surface area contributed by atoms with E-state index in [9.17, 15) is 24.6 Å². The number of likely N-dealkylation sites (tertiary alicyclic amines) is 1. The first-order valence-electron chi connectivity index (χ1n) is 19.3. The van der Waals surface area contributed by atoms with Gasteiger partial charge >= 0.3 is 6.09 Å². The summed E-state index contributed by atoms with van der Waals surface area (Å²) in [5, 5.41) is 35.9. The van der Waals surface area contributed by atoms with Crippen LogP contribution >= 0.6 is 0 Å². The number of benzene rings is 1. The molecule has 55 heavy (non-hydrogen) atoms. The molecule has 0 radical (unpaired) electrons. The lowest BCUT2D eigenvalue weighted by atomic mass is 9.82. The van der Waals surface area contributed by atoms with Gasteiger partial charge in [0.15, 0.2) is 6.10 Å². The summed E-state index contributed by atoms with van der Waals surface area (Å²) in [6.45, 7) is 1.95. The average Bonchev–Trinajstić information content (AvgIpc) is 3.70. The van der Waals surface area contributed by atoms with E-state index in [4.69, 9.17) is 20.4 Å². The number of aliphatic hydroxyl groups excluding tert-OH is 2. The van der Waals surface area contributed by atoms with Crippen molar-refractivity contribution >= 4 is 23.9 Å². The highest BCUT2D eigenvalue weighted by Gasteiger charge is 2.35. The molecule has 1 aliphatic heterocycles. The predicted molar refractivity (Wildman–Crippen MR) is 204 cm³/mol. The Morgan fingerprint density at radius 1 is 0.945 bits per heavy atom. The number of carbonyl (C=O) groups is 4. The summed E-state index contributed by atoms with van der Waals surface area (Å²) >= 11 is 0. The van der Waals surface area contributed by atoms with Gasteiger partial charge in [0, 0.05) is 62.7 Å². The fourth-order valence-corrected chi connectivity index (χ4v) is 7.01. The molecule has 300 valence electrons. The van der Waals surface area contributed by atoms with Gasteiger partial charge < -0.3 is 46.3 Å². The molecule has 2 aliphatic rings. The van der Waals surface area contributed by atoms with Gasteiger partial charge in [0.05, 0.1) is 18.5 Å². The van der Waals surface area contributed by atoms with Gasteiger partial charge in [-0.05, 0) is 55.7 Å². The summed E-state index contributed by atoms with van der Waals surface area (Å²) in [6.07, 6.45) is 8.52. The van der Waals surface area contributed by atoms with E-state index in [1.165, 1.54) is 6.33 Å². The number of carbonyl (C=O) groups excluding carboxylic acids is 3. The number of piperidine rings is 1. The third-order valence-corrected chi connectivity index (χ3v) is 10.1. The zero-order valence-electron chi connectivity index (χ0n) is 31.6. The second-order valence-electron chi connectivity index (χ2n) is 14.5. The predicted octanol–water partition coefficient (Wildman–Crippen LogP) is 2.90. The van der Waals surface area contributed by atoms with Crippen LogP contribution in [-0.2, 0) is 38.4 Å². The van der Waals surface area contributed by atoms with Crippen LogP contribution in [0.15, 0.2) is 67.3 Å². The molecule has 1 aromatic carbocycles. The lowest BCUT2D eigenvalue weighted by Gasteiger charge is -2.33. The van der Waals surface area contributed by atoms with Gasteiger partial charge in [-0.25, -0.2) is 9.78 Å². The van der Waals surface area contributed by atoms with E-state index in [1.807, 2.05) is 48.5 Å². The molecule has 2 aromatic heterocycles. The van der Waals surface area contributed by atoms with Crippen molar-refractivity contribution in [3.8, 4) is 0 Å². The summed E-state index contributed by atoms with van der Waals surface area (Å²) in [5.41, 5.74) is 8.22. The molecular weight excluding hydrogens is 706 g/mol. The van der Waals surface area contributed by atoms with Gasteiger partial charge in [-0.15, -0.1) is 0 Å². The minimum atomic E-state index is -1.24. The largest absolute Gasteiger partial charge is 0.481 e. The molecule has 3 amide bonds. The van der Waals surface area contributed by atoms with Crippen LogP contribution < -0.4 is 16.4 Å². The summed E-state index contributed by atoms with van der Waals surface area (Å²) in [6, 6.07) is 13.0. The molecule has 3 heterocycles. The molecule has 1 saturated heterocycles. The molecule has 1 aliphatic carbocycles. The number of H-pyrrole nitrogens is 1. The van der Waals surface area contributed by atoms with Crippen LogP contribution in [0.25, 0.3) is 0 Å². The monoisotopic (exact) mass is 763 g/mol. The number of nitrogens with one attached hydrogen (secondary N) is 3. The van der Waals surface area contributed by atoms with Crippen molar-refractivity contribution in [2.75, 3.05) is 13.1 Å². The Morgan fingerprint density at radius 2 is 1.64 bits per heavy atom. The van der Waals surface area contributed by atoms with E-state index < -0.39 is 54.3 Å². The number of ether oxygens (including phenoxy) is 1. The minimum absolute atomic E-state index is 0.0154. The topological polar surface area (TPSA) is 233 Å². The smallest absolute Gasteiger partial charge is 0.410 e. The zero-order valence-corrected chi connectivity index (χ0v) is 31.6. The number of aryl methyl sites for hydroxylation is 1. The number of imidazole rings is 1. The molecule has 5 atom stereocenters. The van der Waals surface area contributed by atoms with E-state index in [0.29, 0.717) is 44.5 Å². The summed E-state index contributed by atoms with van der Waals surface area (Å²) in [5.74, 6) is -1.70. The summed E-state index contributed by atoms with van der Waals surface area (Å²) in [4.78, 5) is 63.3. The molecule has 0 unspecified atom stereocenters. The summed E-state index contributed by atoms with van der Waals surface area (Å²) < 4.78 is 5.83. The number of hydrogen-bond acceptors (Lipinski definition) is 10. The Kier molecular flexibility index (Phi) is 17.5. The first-order chi connectivity index (χ1) is 26.5. The number of rotatable bonds is 16. The van der Waals surface area contributed by atoms with Crippen molar-refractivity contribution in [3.63, 3.8) is 0 Å². The Hall–Kier alpha value is -4.86. The number of amides is 3. The average molecular weight is 764 g/mol. The maximum absolute atomic E-state index is 14.2. The second kappa shape index (κ2) is 22.5. The van der Waals surface area contributed by atoms with Crippen LogP contribution in [0.3, 0.4) is 0 Å². The Labute approximate surface area is 322 Å². The molecule has 2 fully saturated rings. The third-order valence-electron chi connectivity index (χ3n) is 10.1. The number of aromatic amines is 1. The van der Waals surface area contributed by atoms with Crippen LogP contribution in [0.5, 0.6) is 0 Å². The lowest BCUT2D eigenvalue weighted by Crippen LogP contribution is -2.57. The number of hydrogen-bond donors (Lipinski definition) is 7. The number of pyridine rings is 1. The van der Waals surface area contributed by atoms with E-state index >= 15 is 0 Å². The van der Waals surface area contributed by atoms with Gasteiger partial charge in [-0.3, -0.25) is 19.4 Å². The molecule has 15 nitrogen and oxygen atoms in total. The quantitative estimate of drug-likeness (QED) is 0.112. The number of aromatic nitrogens is 3. The van der Waals surface area contributed by atoms with Gasteiger partial charge in [0.2, 0.25) is 5.91 Å². The van der Waals surface area contributed by atoms with E-state index in [1.54, 1.807) is 17.3 Å². The SMILES string of the molecule is CC(=O)O.NC1CCN(C(=O)O[C@@H](Cc2ccccc2)C(=O)N[C@@H](Cc2cnc[nH]2)C(=O)N[C@@H](CC2CCCCC2)[C@@H](O)[C@@H](O)CCc2ccccn2)CC1. The molecule has 0 bridgehead atoms. The fourth-order valence-electron chi connectivity index (χ4n) is 7.01.